The smallest absolute Gasteiger partial charge is 0.272 e. The second-order valence-corrected chi connectivity index (χ2v) is 4.26. The minimum absolute atomic E-state index is 0.217. The Morgan fingerprint density at radius 1 is 1.56 bits per heavy atom. The number of nitrogens with zero attached hydrogens (tertiary/aromatic N) is 2. The molecule has 0 spiro atoms. The highest BCUT2D eigenvalue weighted by molar-refractivity contribution is 7.13. The summed E-state index contributed by atoms with van der Waals surface area (Å²) in [7, 11) is 0. The second-order valence-electron chi connectivity index (χ2n) is 3.31. The highest BCUT2D eigenvalue weighted by Gasteiger charge is 2.08. The lowest BCUT2D eigenvalue weighted by Crippen LogP contribution is -2.25. The molecule has 0 saturated heterocycles. The van der Waals surface area contributed by atoms with Crippen LogP contribution in [0.1, 0.15) is 12.5 Å². The number of hydrogen-bond acceptors (Lipinski definition) is 4. The quantitative estimate of drug-likeness (QED) is 0.878. The molecule has 0 bridgehead atoms. The molecule has 0 radical (unpaired) electrons. The molecule has 4 nitrogen and oxygen atoms in total. The molecule has 0 atom stereocenters. The third kappa shape index (κ3) is 1.91. The summed E-state index contributed by atoms with van der Waals surface area (Å²) in [6.07, 6.45) is 0. The van der Waals surface area contributed by atoms with Crippen LogP contribution in [0.25, 0.3) is 10.6 Å². The molecule has 0 fully saturated rings. The normalized spacial score (nSPS) is 10.6. The van der Waals surface area contributed by atoms with Gasteiger partial charge in [0.1, 0.15) is 5.69 Å². The van der Waals surface area contributed by atoms with Gasteiger partial charge in [-0.05, 0) is 24.4 Å². The molecule has 2 heterocycles. The first kappa shape index (κ1) is 11.0. The standard InChI is InChI=1S/C11H12N2O2S/c1-2-13-11(15)8(7-14)6-9(12-13)10-4-3-5-16-10/h3-6,14H,2,7H2,1H3. The summed E-state index contributed by atoms with van der Waals surface area (Å²) >= 11 is 1.56. The fourth-order valence-corrected chi connectivity index (χ4v) is 2.15. The first-order chi connectivity index (χ1) is 7.76. The number of aliphatic hydroxyl groups is 1. The van der Waals surface area contributed by atoms with E-state index in [1.165, 1.54) is 4.68 Å². The van der Waals surface area contributed by atoms with Crippen molar-refractivity contribution in [3.63, 3.8) is 0 Å². The SMILES string of the molecule is CCn1nc(-c2cccs2)cc(CO)c1=O. The van der Waals surface area contributed by atoms with Crippen molar-refractivity contribution in [2.24, 2.45) is 0 Å². The van der Waals surface area contributed by atoms with E-state index < -0.39 is 0 Å². The van der Waals surface area contributed by atoms with E-state index in [0.717, 1.165) is 10.6 Å². The summed E-state index contributed by atoms with van der Waals surface area (Å²) < 4.78 is 1.38. The lowest BCUT2D eigenvalue weighted by atomic mass is 10.2. The molecule has 0 amide bonds. The second kappa shape index (κ2) is 4.59. The molecule has 84 valence electrons. The monoisotopic (exact) mass is 236 g/mol. The van der Waals surface area contributed by atoms with E-state index in [-0.39, 0.29) is 12.2 Å². The number of thiophene rings is 1. The molecule has 1 N–H and O–H groups in total. The molecule has 16 heavy (non-hydrogen) atoms. The maximum atomic E-state index is 11.7. The molecule has 0 saturated carbocycles. The largest absolute Gasteiger partial charge is 0.391 e. The van der Waals surface area contributed by atoms with Crippen LogP contribution in [0.5, 0.6) is 0 Å². The fourth-order valence-electron chi connectivity index (χ4n) is 1.47. The van der Waals surface area contributed by atoms with Crippen molar-refractivity contribution >= 4 is 11.3 Å². The zero-order valence-corrected chi connectivity index (χ0v) is 9.70. The van der Waals surface area contributed by atoms with Crippen molar-refractivity contribution in [3.8, 4) is 10.6 Å². The van der Waals surface area contributed by atoms with Gasteiger partial charge >= 0.3 is 0 Å². The van der Waals surface area contributed by atoms with Gasteiger partial charge in [-0.1, -0.05) is 6.07 Å². The predicted molar refractivity (Wildman–Crippen MR) is 63.4 cm³/mol. The number of aromatic nitrogens is 2. The number of aryl methyl sites for hydroxylation is 1. The lowest BCUT2D eigenvalue weighted by molar-refractivity contribution is 0.278. The van der Waals surface area contributed by atoms with E-state index in [4.69, 9.17) is 5.11 Å². The molecular formula is C11H12N2O2S. The van der Waals surface area contributed by atoms with Crippen LogP contribution in [-0.2, 0) is 13.2 Å². The van der Waals surface area contributed by atoms with Crippen molar-refractivity contribution < 1.29 is 5.11 Å². The molecule has 2 rings (SSSR count). The van der Waals surface area contributed by atoms with Crippen LogP contribution in [0, 0.1) is 0 Å². The Labute approximate surface area is 96.8 Å². The first-order valence-corrected chi connectivity index (χ1v) is 5.90. The fraction of sp³-hybridized carbons (Fsp3) is 0.273. The lowest BCUT2D eigenvalue weighted by Gasteiger charge is -2.06. The van der Waals surface area contributed by atoms with Crippen molar-refractivity contribution in [1.82, 2.24) is 9.78 Å². The predicted octanol–water partition coefficient (Wildman–Crippen LogP) is 1.48. The van der Waals surface area contributed by atoms with Gasteiger partial charge in [0.25, 0.3) is 5.56 Å². The van der Waals surface area contributed by atoms with E-state index >= 15 is 0 Å². The molecule has 0 aliphatic carbocycles. The van der Waals surface area contributed by atoms with Gasteiger partial charge in [-0.25, -0.2) is 4.68 Å². The third-order valence-corrected chi connectivity index (χ3v) is 3.18. The summed E-state index contributed by atoms with van der Waals surface area (Å²) in [5.74, 6) is 0. The van der Waals surface area contributed by atoms with Crippen molar-refractivity contribution in [3.05, 3.63) is 39.5 Å². The summed E-state index contributed by atoms with van der Waals surface area (Å²) in [6, 6.07) is 5.53. The van der Waals surface area contributed by atoms with Crippen LogP contribution < -0.4 is 5.56 Å². The topological polar surface area (TPSA) is 55.1 Å². The van der Waals surface area contributed by atoms with Gasteiger partial charge in [0.2, 0.25) is 0 Å². The Morgan fingerprint density at radius 3 is 2.94 bits per heavy atom. The highest BCUT2D eigenvalue weighted by atomic mass is 32.1. The van der Waals surface area contributed by atoms with Crippen LogP contribution in [0.3, 0.4) is 0 Å². The summed E-state index contributed by atoms with van der Waals surface area (Å²) in [6.45, 7) is 2.11. The van der Waals surface area contributed by atoms with Gasteiger partial charge < -0.3 is 5.11 Å². The Hall–Kier alpha value is -1.46. The Balaban J connectivity index is 2.60. The van der Waals surface area contributed by atoms with Gasteiger partial charge in [0.05, 0.1) is 11.5 Å². The van der Waals surface area contributed by atoms with Gasteiger partial charge in [-0.3, -0.25) is 4.79 Å². The number of rotatable bonds is 3. The molecule has 0 aromatic carbocycles. The van der Waals surface area contributed by atoms with Crippen molar-refractivity contribution in [1.29, 1.82) is 0 Å². The molecule has 2 aromatic heterocycles. The van der Waals surface area contributed by atoms with Gasteiger partial charge in [-0.2, -0.15) is 5.10 Å². The molecule has 2 aromatic rings. The third-order valence-electron chi connectivity index (χ3n) is 2.29. The average molecular weight is 236 g/mol. The van der Waals surface area contributed by atoms with Crippen LogP contribution in [0.2, 0.25) is 0 Å². The van der Waals surface area contributed by atoms with Crippen LogP contribution in [0.15, 0.2) is 28.4 Å². The summed E-state index contributed by atoms with van der Waals surface area (Å²) in [5, 5.41) is 15.3. The summed E-state index contributed by atoms with van der Waals surface area (Å²) in [5.41, 5.74) is 0.908. The van der Waals surface area contributed by atoms with E-state index in [1.54, 1.807) is 17.4 Å². The summed E-state index contributed by atoms with van der Waals surface area (Å²) in [4.78, 5) is 12.7. The van der Waals surface area contributed by atoms with Gasteiger partial charge in [0, 0.05) is 12.1 Å². The van der Waals surface area contributed by atoms with Crippen molar-refractivity contribution in [2.75, 3.05) is 0 Å². The van der Waals surface area contributed by atoms with Crippen molar-refractivity contribution in [2.45, 2.75) is 20.1 Å². The average Bonchev–Trinajstić information content (AvgIpc) is 2.83. The molecule has 0 unspecified atom stereocenters. The Morgan fingerprint density at radius 2 is 2.38 bits per heavy atom. The van der Waals surface area contributed by atoms with Crippen LogP contribution >= 0.6 is 11.3 Å². The Kier molecular flexibility index (Phi) is 3.17. The first-order valence-electron chi connectivity index (χ1n) is 5.02. The maximum absolute atomic E-state index is 11.7. The van der Waals surface area contributed by atoms with Crippen LogP contribution in [-0.4, -0.2) is 14.9 Å². The number of hydrogen-bond donors (Lipinski definition) is 1. The molecule has 0 aliphatic rings. The van der Waals surface area contributed by atoms with E-state index in [9.17, 15) is 4.79 Å². The Bertz CT molecular complexity index is 503. The zero-order chi connectivity index (χ0) is 11.5. The zero-order valence-electron chi connectivity index (χ0n) is 8.88. The number of aliphatic hydroxyl groups excluding tert-OH is 1. The maximum Gasteiger partial charge on any atom is 0.272 e. The van der Waals surface area contributed by atoms with E-state index in [2.05, 4.69) is 5.10 Å². The molecule has 5 heteroatoms. The highest BCUT2D eigenvalue weighted by Crippen LogP contribution is 2.22. The van der Waals surface area contributed by atoms with E-state index in [1.807, 2.05) is 24.4 Å². The minimum atomic E-state index is -0.250. The van der Waals surface area contributed by atoms with Crippen LogP contribution in [0.4, 0.5) is 0 Å². The van der Waals surface area contributed by atoms with Gasteiger partial charge in [-0.15, -0.1) is 11.3 Å². The van der Waals surface area contributed by atoms with Gasteiger partial charge in [0.15, 0.2) is 0 Å². The molecular weight excluding hydrogens is 224 g/mol. The minimum Gasteiger partial charge on any atom is -0.391 e. The molecule has 0 aliphatic heterocycles. The van der Waals surface area contributed by atoms with E-state index in [0.29, 0.717) is 12.1 Å².